The molecule has 0 aromatic heterocycles. The molecule has 0 aliphatic carbocycles. The first-order chi connectivity index (χ1) is 8.50. The van der Waals surface area contributed by atoms with Crippen molar-refractivity contribution in [3.05, 3.63) is 21.7 Å². The molecule has 0 saturated heterocycles. The van der Waals surface area contributed by atoms with Gasteiger partial charge in [-0.3, -0.25) is 4.79 Å². The van der Waals surface area contributed by atoms with E-state index >= 15 is 0 Å². The molecule has 6 heteroatoms. The van der Waals surface area contributed by atoms with Gasteiger partial charge in [0.15, 0.2) is 11.5 Å². The van der Waals surface area contributed by atoms with Gasteiger partial charge in [0.25, 0.3) is 0 Å². The van der Waals surface area contributed by atoms with Crippen molar-refractivity contribution in [1.29, 1.82) is 0 Å². The average molecular weight is 316 g/mol. The third-order valence-corrected chi connectivity index (χ3v) is 3.66. The first kappa shape index (κ1) is 13.2. The van der Waals surface area contributed by atoms with Gasteiger partial charge in [-0.2, -0.15) is 0 Å². The molecule has 3 N–H and O–H groups in total. The first-order valence-corrected chi connectivity index (χ1v) is 6.36. The van der Waals surface area contributed by atoms with Crippen LogP contribution >= 0.6 is 15.9 Å². The maximum absolute atomic E-state index is 10.8. The summed E-state index contributed by atoms with van der Waals surface area (Å²) >= 11 is 3.42. The number of carboxylic acid groups (broad SMARTS) is 1. The Morgan fingerprint density at radius 1 is 1.56 bits per heavy atom. The molecule has 2 rings (SSSR count). The Labute approximate surface area is 113 Å². The molecule has 1 unspecified atom stereocenters. The second kappa shape index (κ2) is 5.16. The van der Waals surface area contributed by atoms with E-state index in [0.717, 1.165) is 10.0 Å². The summed E-state index contributed by atoms with van der Waals surface area (Å²) in [5.41, 5.74) is 7.53. The largest absolute Gasteiger partial charge is 0.486 e. The van der Waals surface area contributed by atoms with E-state index in [-0.39, 0.29) is 6.42 Å². The summed E-state index contributed by atoms with van der Waals surface area (Å²) in [4.78, 5) is 10.8. The van der Waals surface area contributed by atoms with Gasteiger partial charge in [-0.1, -0.05) is 15.9 Å². The molecule has 18 heavy (non-hydrogen) atoms. The molecular weight excluding hydrogens is 302 g/mol. The van der Waals surface area contributed by atoms with Gasteiger partial charge in [0, 0.05) is 16.1 Å². The quantitative estimate of drug-likeness (QED) is 0.891. The molecule has 1 heterocycles. The Hall–Kier alpha value is -1.27. The third kappa shape index (κ3) is 2.44. The second-order valence-electron chi connectivity index (χ2n) is 4.13. The lowest BCUT2D eigenvalue weighted by Gasteiger charge is -2.25. The molecule has 0 amide bonds. The molecule has 0 fully saturated rings. The Kier molecular flexibility index (Phi) is 3.77. The number of hydrogen-bond donors (Lipinski definition) is 2. The number of hydrogen-bond acceptors (Lipinski definition) is 4. The van der Waals surface area contributed by atoms with Crippen LogP contribution in [0, 0.1) is 6.92 Å². The molecular formula is C12H14BrNO4. The lowest BCUT2D eigenvalue weighted by atomic mass is 9.97. The van der Waals surface area contributed by atoms with Crippen molar-refractivity contribution < 1.29 is 19.4 Å². The van der Waals surface area contributed by atoms with Crippen molar-refractivity contribution in [1.82, 2.24) is 0 Å². The van der Waals surface area contributed by atoms with Crippen LogP contribution in [0.3, 0.4) is 0 Å². The lowest BCUT2D eigenvalue weighted by Crippen LogP contribution is -2.22. The zero-order valence-corrected chi connectivity index (χ0v) is 11.5. The minimum Gasteiger partial charge on any atom is -0.486 e. The van der Waals surface area contributed by atoms with Crippen LogP contribution in [0.5, 0.6) is 11.5 Å². The molecule has 1 aliphatic heterocycles. The highest BCUT2D eigenvalue weighted by molar-refractivity contribution is 9.10. The predicted molar refractivity (Wildman–Crippen MR) is 69.1 cm³/mol. The van der Waals surface area contributed by atoms with Crippen molar-refractivity contribution >= 4 is 21.9 Å². The van der Waals surface area contributed by atoms with Gasteiger partial charge in [-0.15, -0.1) is 0 Å². The van der Waals surface area contributed by atoms with Crippen molar-refractivity contribution in [3.8, 4) is 11.5 Å². The Balaban J connectivity index is 2.49. The molecule has 0 radical (unpaired) electrons. The highest BCUT2D eigenvalue weighted by Gasteiger charge is 2.25. The van der Waals surface area contributed by atoms with E-state index in [1.165, 1.54) is 0 Å². The number of benzene rings is 1. The maximum Gasteiger partial charge on any atom is 0.305 e. The predicted octanol–water partition coefficient (Wildman–Crippen LogP) is 2.00. The molecule has 1 aliphatic rings. The summed E-state index contributed by atoms with van der Waals surface area (Å²) in [6.45, 7) is 2.80. The summed E-state index contributed by atoms with van der Waals surface area (Å²) in [5, 5.41) is 8.85. The number of ether oxygens (including phenoxy) is 2. The van der Waals surface area contributed by atoms with Crippen molar-refractivity contribution in [2.45, 2.75) is 19.4 Å². The van der Waals surface area contributed by atoms with E-state index < -0.39 is 12.0 Å². The van der Waals surface area contributed by atoms with E-state index in [2.05, 4.69) is 15.9 Å². The summed E-state index contributed by atoms with van der Waals surface area (Å²) in [5.74, 6) is 0.234. The van der Waals surface area contributed by atoms with E-state index in [1.54, 1.807) is 0 Å². The van der Waals surface area contributed by atoms with E-state index in [4.69, 9.17) is 20.3 Å². The fourth-order valence-electron chi connectivity index (χ4n) is 2.01. The molecule has 98 valence electrons. The number of fused-ring (bicyclic) bond motifs is 1. The standard InChI is InChI=1S/C12H14BrNO4/c1-6-7(13)4-9-12(18-3-2-17-9)11(6)8(14)5-10(15)16/h4,8H,2-3,5,14H2,1H3,(H,15,16). The number of aliphatic carboxylic acids is 1. The van der Waals surface area contributed by atoms with Crippen molar-refractivity contribution in [2.24, 2.45) is 5.73 Å². The molecule has 0 spiro atoms. The van der Waals surface area contributed by atoms with Crippen LogP contribution in [-0.4, -0.2) is 24.3 Å². The highest BCUT2D eigenvalue weighted by Crippen LogP contribution is 2.42. The summed E-state index contributed by atoms with van der Waals surface area (Å²) in [6, 6.07) is 1.20. The fourth-order valence-corrected chi connectivity index (χ4v) is 2.43. The summed E-state index contributed by atoms with van der Waals surface area (Å²) in [7, 11) is 0. The number of carbonyl (C=O) groups is 1. The van der Waals surface area contributed by atoms with Gasteiger partial charge in [0.2, 0.25) is 0 Å². The number of nitrogens with two attached hydrogens (primary N) is 1. The van der Waals surface area contributed by atoms with Gasteiger partial charge in [0.1, 0.15) is 13.2 Å². The van der Waals surface area contributed by atoms with Crippen molar-refractivity contribution in [3.63, 3.8) is 0 Å². The summed E-state index contributed by atoms with van der Waals surface area (Å²) in [6.07, 6.45) is -0.146. The van der Waals surface area contributed by atoms with Crippen LogP contribution in [0.15, 0.2) is 10.5 Å². The van der Waals surface area contributed by atoms with Gasteiger partial charge >= 0.3 is 5.97 Å². The van der Waals surface area contributed by atoms with Crippen molar-refractivity contribution in [2.75, 3.05) is 13.2 Å². The van der Waals surface area contributed by atoms with Gasteiger partial charge in [-0.05, 0) is 18.6 Å². The smallest absolute Gasteiger partial charge is 0.305 e. The SMILES string of the molecule is Cc1c(Br)cc2c(c1C(N)CC(=O)O)OCCO2. The molecule has 1 aromatic rings. The monoisotopic (exact) mass is 315 g/mol. The van der Waals surface area contributed by atoms with Crippen LogP contribution in [0.25, 0.3) is 0 Å². The Bertz CT molecular complexity index is 489. The van der Waals surface area contributed by atoms with Crippen LogP contribution < -0.4 is 15.2 Å². The van der Waals surface area contributed by atoms with Crippen LogP contribution in [0.4, 0.5) is 0 Å². The Morgan fingerprint density at radius 3 is 2.89 bits per heavy atom. The number of rotatable bonds is 3. The summed E-state index contributed by atoms with van der Waals surface area (Å²) < 4.78 is 11.9. The third-order valence-electron chi connectivity index (χ3n) is 2.84. The molecule has 0 saturated carbocycles. The zero-order chi connectivity index (χ0) is 13.3. The normalized spacial score (nSPS) is 15.3. The average Bonchev–Trinajstić information content (AvgIpc) is 2.29. The second-order valence-corrected chi connectivity index (χ2v) is 4.98. The van der Waals surface area contributed by atoms with Crippen LogP contribution in [0.1, 0.15) is 23.6 Å². The van der Waals surface area contributed by atoms with E-state index in [9.17, 15) is 4.79 Å². The van der Waals surface area contributed by atoms with Gasteiger partial charge < -0.3 is 20.3 Å². The fraction of sp³-hybridized carbons (Fsp3) is 0.417. The van der Waals surface area contributed by atoms with Gasteiger partial charge in [-0.25, -0.2) is 0 Å². The molecule has 1 atom stereocenters. The lowest BCUT2D eigenvalue weighted by molar-refractivity contribution is -0.137. The first-order valence-electron chi connectivity index (χ1n) is 5.56. The number of carboxylic acids is 1. The maximum atomic E-state index is 10.8. The molecule has 0 bridgehead atoms. The zero-order valence-electron chi connectivity index (χ0n) is 9.90. The van der Waals surface area contributed by atoms with Crippen LogP contribution in [0.2, 0.25) is 0 Å². The molecule has 1 aromatic carbocycles. The molecule has 5 nitrogen and oxygen atoms in total. The Morgan fingerprint density at radius 2 is 2.22 bits per heavy atom. The van der Waals surface area contributed by atoms with Gasteiger partial charge in [0.05, 0.1) is 6.42 Å². The minimum absolute atomic E-state index is 0.146. The van der Waals surface area contributed by atoms with E-state index in [0.29, 0.717) is 30.3 Å². The topological polar surface area (TPSA) is 81.8 Å². The van der Waals surface area contributed by atoms with Crippen LogP contribution in [-0.2, 0) is 4.79 Å². The highest BCUT2D eigenvalue weighted by atomic mass is 79.9. The van der Waals surface area contributed by atoms with E-state index in [1.807, 2.05) is 13.0 Å². The number of halogens is 1. The minimum atomic E-state index is -0.938.